The zero-order chi connectivity index (χ0) is 25.3. The first-order valence-electron chi connectivity index (χ1n) is 12.0. The second kappa shape index (κ2) is 9.83. The number of phenolic OH excluding ortho intramolecular Hbond substituents is 1. The Balaban J connectivity index is 1.55. The molecule has 0 saturated carbocycles. The van der Waals surface area contributed by atoms with Crippen LogP contribution in [-0.2, 0) is 5.41 Å². The van der Waals surface area contributed by atoms with Gasteiger partial charge in [-0.3, -0.25) is 0 Å². The van der Waals surface area contributed by atoms with E-state index in [2.05, 4.69) is 84.9 Å². The maximum atomic E-state index is 9.46. The molecule has 3 heteroatoms. The molecule has 2 nitrogen and oxygen atoms in total. The van der Waals surface area contributed by atoms with E-state index in [9.17, 15) is 5.11 Å². The Hall–Kier alpha value is -3.17. The minimum absolute atomic E-state index is 0.133. The van der Waals surface area contributed by atoms with Crippen molar-refractivity contribution in [1.29, 1.82) is 0 Å². The Kier molecular flexibility index (Phi) is 7.00. The lowest BCUT2D eigenvalue weighted by Crippen LogP contribution is -2.15. The van der Waals surface area contributed by atoms with Crippen LogP contribution in [0.2, 0.25) is 0 Å². The van der Waals surface area contributed by atoms with Gasteiger partial charge in [-0.25, -0.2) is 0 Å². The van der Waals surface area contributed by atoms with Gasteiger partial charge in [-0.1, -0.05) is 44.7 Å². The van der Waals surface area contributed by atoms with Crippen LogP contribution in [0.4, 0.5) is 0 Å². The topological polar surface area (TPSA) is 29.5 Å². The molecular formula is C32H34O2S. The van der Waals surface area contributed by atoms with Gasteiger partial charge in [0.05, 0.1) is 0 Å². The fraction of sp³-hybridized carbons (Fsp3) is 0.250. The van der Waals surface area contributed by atoms with Crippen LogP contribution in [0, 0.1) is 27.7 Å². The number of hydrogen-bond donors (Lipinski definition) is 1. The molecule has 0 aliphatic carbocycles. The first-order chi connectivity index (χ1) is 16.5. The van der Waals surface area contributed by atoms with Crippen LogP contribution < -0.4 is 4.74 Å². The van der Waals surface area contributed by atoms with Crippen LogP contribution in [0.25, 0.3) is 11.1 Å². The summed E-state index contributed by atoms with van der Waals surface area (Å²) in [5.41, 5.74) is 8.97. The van der Waals surface area contributed by atoms with E-state index in [-0.39, 0.29) is 11.2 Å². The van der Waals surface area contributed by atoms with Crippen LogP contribution in [0.5, 0.6) is 17.2 Å². The van der Waals surface area contributed by atoms with E-state index >= 15 is 0 Å². The standard InChI is InChI=1S/C32H34O2S/c1-20-16-24(17-21(2)30(20)32(5,6)7)25-18-22(3)31(23(4)19-25)34-27-10-14-29(15-11-27)35-28-12-8-26(33)9-13-28/h8-19,33H,1-7H3. The first-order valence-corrected chi connectivity index (χ1v) is 12.8. The quantitative estimate of drug-likeness (QED) is 0.307. The predicted molar refractivity (Wildman–Crippen MR) is 148 cm³/mol. The van der Waals surface area contributed by atoms with Gasteiger partial charge in [0.2, 0.25) is 0 Å². The molecule has 0 aliphatic heterocycles. The molecule has 0 saturated heterocycles. The normalized spacial score (nSPS) is 11.5. The van der Waals surface area contributed by atoms with E-state index in [0.717, 1.165) is 32.4 Å². The summed E-state index contributed by atoms with van der Waals surface area (Å²) in [5, 5.41) is 9.46. The average Bonchev–Trinajstić information content (AvgIpc) is 2.77. The minimum Gasteiger partial charge on any atom is -0.508 e. The maximum Gasteiger partial charge on any atom is 0.133 e. The second-order valence-electron chi connectivity index (χ2n) is 10.3. The number of rotatable bonds is 5. The van der Waals surface area contributed by atoms with Crippen molar-refractivity contribution in [2.24, 2.45) is 0 Å². The minimum atomic E-state index is 0.133. The van der Waals surface area contributed by atoms with E-state index in [1.807, 2.05) is 24.3 Å². The van der Waals surface area contributed by atoms with Gasteiger partial charge in [-0.05, 0) is 133 Å². The Morgan fingerprint density at radius 2 is 1.06 bits per heavy atom. The lowest BCUT2D eigenvalue weighted by atomic mass is 9.80. The van der Waals surface area contributed by atoms with Gasteiger partial charge >= 0.3 is 0 Å². The molecule has 4 aromatic rings. The van der Waals surface area contributed by atoms with Gasteiger partial charge in [0.1, 0.15) is 17.2 Å². The molecule has 0 bridgehead atoms. The van der Waals surface area contributed by atoms with Crippen molar-refractivity contribution in [1.82, 2.24) is 0 Å². The third-order valence-corrected chi connectivity index (χ3v) is 7.21. The molecule has 0 heterocycles. The molecule has 4 aromatic carbocycles. The molecule has 35 heavy (non-hydrogen) atoms. The van der Waals surface area contributed by atoms with E-state index in [1.165, 1.54) is 27.8 Å². The molecular weight excluding hydrogens is 448 g/mol. The molecule has 4 rings (SSSR count). The Labute approximate surface area is 214 Å². The smallest absolute Gasteiger partial charge is 0.133 e. The summed E-state index contributed by atoms with van der Waals surface area (Å²) in [6.07, 6.45) is 0. The Morgan fingerprint density at radius 3 is 1.51 bits per heavy atom. The summed E-state index contributed by atoms with van der Waals surface area (Å²) >= 11 is 1.66. The number of ether oxygens (including phenoxy) is 1. The molecule has 0 atom stereocenters. The summed E-state index contributed by atoms with van der Waals surface area (Å²) in [4.78, 5) is 2.20. The Bertz CT molecular complexity index is 1300. The first kappa shape index (κ1) is 24.9. The molecule has 0 amide bonds. The molecule has 1 N–H and O–H groups in total. The van der Waals surface area contributed by atoms with Gasteiger partial charge in [0.25, 0.3) is 0 Å². The van der Waals surface area contributed by atoms with Gasteiger partial charge in [0.15, 0.2) is 0 Å². The van der Waals surface area contributed by atoms with E-state index < -0.39 is 0 Å². The Morgan fingerprint density at radius 1 is 0.629 bits per heavy atom. The fourth-order valence-electron chi connectivity index (χ4n) is 4.93. The van der Waals surface area contributed by atoms with E-state index in [1.54, 1.807) is 23.9 Å². The summed E-state index contributed by atoms with van der Waals surface area (Å²) < 4.78 is 6.32. The van der Waals surface area contributed by atoms with E-state index in [4.69, 9.17) is 4.74 Å². The van der Waals surface area contributed by atoms with Crippen molar-refractivity contribution in [3.63, 3.8) is 0 Å². The summed E-state index contributed by atoms with van der Waals surface area (Å²) in [6, 6.07) is 24.5. The highest BCUT2D eigenvalue weighted by Crippen LogP contribution is 2.37. The van der Waals surface area contributed by atoms with Gasteiger partial charge in [0, 0.05) is 9.79 Å². The highest BCUT2D eigenvalue weighted by atomic mass is 32.2. The zero-order valence-electron chi connectivity index (χ0n) is 21.7. The summed E-state index contributed by atoms with van der Waals surface area (Å²) in [5.74, 6) is 2.01. The highest BCUT2D eigenvalue weighted by Gasteiger charge is 2.20. The lowest BCUT2D eigenvalue weighted by molar-refractivity contribution is 0.474. The largest absolute Gasteiger partial charge is 0.508 e. The van der Waals surface area contributed by atoms with Crippen LogP contribution in [-0.4, -0.2) is 5.11 Å². The van der Waals surface area contributed by atoms with Crippen molar-refractivity contribution < 1.29 is 9.84 Å². The molecule has 0 aromatic heterocycles. The van der Waals surface area contributed by atoms with Crippen molar-refractivity contribution in [3.8, 4) is 28.4 Å². The van der Waals surface area contributed by atoms with Gasteiger partial charge in [-0.15, -0.1) is 0 Å². The number of benzene rings is 4. The maximum absolute atomic E-state index is 9.46. The molecule has 0 aliphatic rings. The van der Waals surface area contributed by atoms with Crippen LogP contribution in [0.1, 0.15) is 48.6 Å². The molecule has 180 valence electrons. The highest BCUT2D eigenvalue weighted by molar-refractivity contribution is 7.99. The van der Waals surface area contributed by atoms with Crippen LogP contribution in [0.15, 0.2) is 82.6 Å². The van der Waals surface area contributed by atoms with Crippen LogP contribution in [0.3, 0.4) is 0 Å². The second-order valence-corrected chi connectivity index (χ2v) is 11.5. The molecule has 0 radical (unpaired) electrons. The average molecular weight is 483 g/mol. The van der Waals surface area contributed by atoms with Crippen molar-refractivity contribution in [3.05, 3.63) is 101 Å². The SMILES string of the molecule is Cc1cc(-c2cc(C)c(C(C)(C)C)c(C)c2)cc(C)c1Oc1ccc(Sc2ccc(O)cc2)cc1. The predicted octanol–water partition coefficient (Wildman–Crippen LogP) is 9.53. The van der Waals surface area contributed by atoms with E-state index in [0.29, 0.717) is 0 Å². The third-order valence-electron chi connectivity index (χ3n) is 6.19. The molecule has 0 fully saturated rings. The molecule has 0 spiro atoms. The number of aromatic hydroxyl groups is 1. The molecule has 0 unspecified atom stereocenters. The number of aryl methyl sites for hydroxylation is 4. The summed E-state index contributed by atoms with van der Waals surface area (Å²) in [6.45, 7) is 15.5. The fourth-order valence-corrected chi connectivity index (χ4v) is 5.75. The van der Waals surface area contributed by atoms with Gasteiger partial charge < -0.3 is 9.84 Å². The van der Waals surface area contributed by atoms with Crippen molar-refractivity contribution >= 4 is 11.8 Å². The number of phenols is 1. The number of hydrogen-bond acceptors (Lipinski definition) is 3. The van der Waals surface area contributed by atoms with Gasteiger partial charge in [-0.2, -0.15) is 0 Å². The van der Waals surface area contributed by atoms with Crippen molar-refractivity contribution in [2.45, 2.75) is 63.7 Å². The lowest BCUT2D eigenvalue weighted by Gasteiger charge is -2.25. The zero-order valence-corrected chi connectivity index (χ0v) is 22.5. The van der Waals surface area contributed by atoms with Crippen LogP contribution >= 0.6 is 11.8 Å². The summed E-state index contributed by atoms with van der Waals surface area (Å²) in [7, 11) is 0. The third kappa shape index (κ3) is 5.74. The monoisotopic (exact) mass is 482 g/mol. The van der Waals surface area contributed by atoms with Crippen molar-refractivity contribution in [2.75, 3.05) is 0 Å².